The molecule has 1 unspecified atom stereocenters. The van der Waals surface area contributed by atoms with Crippen LogP contribution in [0.5, 0.6) is 17.2 Å². The minimum atomic E-state index is 0.153. The zero-order valence-electron chi connectivity index (χ0n) is 15.4. The number of halogens is 1. The van der Waals surface area contributed by atoms with Gasteiger partial charge in [0.25, 0.3) is 0 Å². The molecule has 0 saturated carbocycles. The van der Waals surface area contributed by atoms with E-state index < -0.39 is 0 Å². The van der Waals surface area contributed by atoms with Gasteiger partial charge in [-0.15, -0.1) is 11.3 Å². The lowest BCUT2D eigenvalue weighted by Gasteiger charge is -2.31. The summed E-state index contributed by atoms with van der Waals surface area (Å²) in [6.45, 7) is 4.10. The average Bonchev–Trinajstić information content (AvgIpc) is 2.91. The molecule has 1 aliphatic rings. The van der Waals surface area contributed by atoms with Crippen LogP contribution in [0, 0.1) is 0 Å². The quantitative estimate of drug-likeness (QED) is 0.736. The third-order valence-corrected chi connectivity index (χ3v) is 6.28. The minimum Gasteiger partial charge on any atom is -0.493 e. The molecule has 0 aliphatic carbocycles. The van der Waals surface area contributed by atoms with Crippen molar-refractivity contribution in [1.82, 2.24) is 10.2 Å². The lowest BCUT2D eigenvalue weighted by atomic mass is 10.0. The Hall–Kier alpha value is -1.28. The summed E-state index contributed by atoms with van der Waals surface area (Å²) in [4.78, 5) is 3.83. The second kappa shape index (κ2) is 9.08. The summed E-state index contributed by atoms with van der Waals surface area (Å²) in [6.07, 6.45) is 1.13. The number of nitrogens with one attached hydrogen (secondary N) is 1. The van der Waals surface area contributed by atoms with E-state index in [4.69, 9.17) is 14.2 Å². The van der Waals surface area contributed by atoms with E-state index in [1.54, 1.807) is 32.7 Å². The third kappa shape index (κ3) is 4.17. The van der Waals surface area contributed by atoms with Crippen LogP contribution in [0.25, 0.3) is 0 Å². The van der Waals surface area contributed by atoms with Gasteiger partial charge in [-0.25, -0.2) is 0 Å². The Morgan fingerprint density at radius 1 is 1.04 bits per heavy atom. The highest BCUT2D eigenvalue weighted by Gasteiger charge is 2.27. The molecule has 1 N–H and O–H groups in total. The molecule has 1 aliphatic heterocycles. The van der Waals surface area contributed by atoms with Crippen LogP contribution in [-0.4, -0.2) is 52.4 Å². The van der Waals surface area contributed by atoms with E-state index in [1.165, 1.54) is 4.88 Å². The van der Waals surface area contributed by atoms with Crippen molar-refractivity contribution in [2.75, 3.05) is 47.5 Å². The van der Waals surface area contributed by atoms with Crippen molar-refractivity contribution in [3.63, 3.8) is 0 Å². The summed E-state index contributed by atoms with van der Waals surface area (Å²) in [6, 6.07) is 8.60. The number of methoxy groups -OCH3 is 3. The predicted molar refractivity (Wildman–Crippen MR) is 109 cm³/mol. The van der Waals surface area contributed by atoms with E-state index >= 15 is 0 Å². The highest BCUT2D eigenvalue weighted by molar-refractivity contribution is 9.11. The molecular weight excluding hydrogens is 416 g/mol. The molecule has 2 heterocycles. The highest BCUT2D eigenvalue weighted by Crippen LogP contribution is 2.43. The largest absolute Gasteiger partial charge is 0.493 e. The zero-order valence-corrected chi connectivity index (χ0v) is 17.8. The highest BCUT2D eigenvalue weighted by atomic mass is 79.9. The van der Waals surface area contributed by atoms with Gasteiger partial charge >= 0.3 is 0 Å². The normalized spacial score (nSPS) is 16.8. The van der Waals surface area contributed by atoms with Crippen molar-refractivity contribution >= 4 is 27.3 Å². The molecule has 1 saturated heterocycles. The molecule has 142 valence electrons. The first kappa shape index (κ1) is 19.5. The summed E-state index contributed by atoms with van der Waals surface area (Å²) in [5, 5.41) is 3.49. The number of hydrogen-bond donors (Lipinski definition) is 1. The SMILES string of the molecule is COc1cc(C(c2ccc(Br)s2)N2CCCNCC2)cc(OC)c1OC. The monoisotopic (exact) mass is 440 g/mol. The van der Waals surface area contributed by atoms with E-state index in [9.17, 15) is 0 Å². The van der Waals surface area contributed by atoms with E-state index in [-0.39, 0.29) is 6.04 Å². The molecule has 2 aromatic rings. The summed E-state index contributed by atoms with van der Waals surface area (Å²) >= 11 is 5.38. The van der Waals surface area contributed by atoms with Crippen LogP contribution in [0.15, 0.2) is 28.1 Å². The van der Waals surface area contributed by atoms with Gasteiger partial charge in [0.2, 0.25) is 5.75 Å². The molecular formula is C19H25BrN2O3S. The van der Waals surface area contributed by atoms with Crippen LogP contribution in [0.4, 0.5) is 0 Å². The van der Waals surface area contributed by atoms with Gasteiger partial charge in [0.15, 0.2) is 11.5 Å². The molecule has 0 spiro atoms. The van der Waals surface area contributed by atoms with Crippen LogP contribution in [-0.2, 0) is 0 Å². The maximum atomic E-state index is 5.58. The molecule has 26 heavy (non-hydrogen) atoms. The van der Waals surface area contributed by atoms with Crippen LogP contribution in [0.1, 0.15) is 22.9 Å². The van der Waals surface area contributed by atoms with Gasteiger partial charge in [0.1, 0.15) is 0 Å². The lowest BCUT2D eigenvalue weighted by molar-refractivity contribution is 0.242. The third-order valence-electron chi connectivity index (χ3n) is 4.61. The maximum absolute atomic E-state index is 5.58. The first-order valence-corrected chi connectivity index (χ1v) is 10.3. The Morgan fingerprint density at radius 2 is 1.77 bits per heavy atom. The molecule has 0 amide bonds. The van der Waals surface area contributed by atoms with Crippen molar-refractivity contribution < 1.29 is 14.2 Å². The van der Waals surface area contributed by atoms with E-state index in [2.05, 4.69) is 50.4 Å². The molecule has 1 atom stereocenters. The molecule has 1 aromatic carbocycles. The number of thiophene rings is 1. The molecule has 0 bridgehead atoms. The maximum Gasteiger partial charge on any atom is 0.203 e. The Balaban J connectivity index is 2.08. The Bertz CT molecular complexity index is 704. The van der Waals surface area contributed by atoms with E-state index in [1.807, 2.05) is 0 Å². The van der Waals surface area contributed by atoms with Gasteiger partial charge in [0.05, 0.1) is 31.2 Å². The van der Waals surface area contributed by atoms with E-state index in [0.29, 0.717) is 17.2 Å². The fraction of sp³-hybridized carbons (Fsp3) is 0.474. The number of ether oxygens (including phenoxy) is 3. The van der Waals surface area contributed by atoms with Crippen LogP contribution in [0.3, 0.4) is 0 Å². The molecule has 0 radical (unpaired) electrons. The van der Waals surface area contributed by atoms with Gasteiger partial charge in [-0.1, -0.05) is 0 Å². The van der Waals surface area contributed by atoms with Crippen LogP contribution in [0.2, 0.25) is 0 Å². The second-order valence-corrected chi connectivity index (χ2v) is 8.64. The van der Waals surface area contributed by atoms with Crippen molar-refractivity contribution in [2.45, 2.75) is 12.5 Å². The van der Waals surface area contributed by atoms with E-state index in [0.717, 1.165) is 41.9 Å². The van der Waals surface area contributed by atoms with Gasteiger partial charge in [0, 0.05) is 24.5 Å². The predicted octanol–water partition coefficient (Wildman–Crippen LogP) is 3.92. The zero-order chi connectivity index (χ0) is 18.5. The summed E-state index contributed by atoms with van der Waals surface area (Å²) in [7, 11) is 4.95. The molecule has 3 rings (SSSR count). The summed E-state index contributed by atoms with van der Waals surface area (Å²) in [5.41, 5.74) is 1.15. The number of rotatable bonds is 6. The van der Waals surface area contributed by atoms with Crippen LogP contribution >= 0.6 is 27.3 Å². The second-order valence-electron chi connectivity index (χ2n) is 6.14. The first-order chi connectivity index (χ1) is 12.7. The van der Waals surface area contributed by atoms with Crippen LogP contribution < -0.4 is 19.5 Å². The van der Waals surface area contributed by atoms with Crippen molar-refractivity contribution in [2.24, 2.45) is 0 Å². The molecule has 7 heteroatoms. The van der Waals surface area contributed by atoms with Crippen molar-refractivity contribution in [3.8, 4) is 17.2 Å². The lowest BCUT2D eigenvalue weighted by Crippen LogP contribution is -2.32. The number of hydrogen-bond acceptors (Lipinski definition) is 6. The standard InChI is InChI=1S/C19H25BrN2O3S/c1-23-14-11-13(12-15(24-2)19(14)25-3)18(16-5-6-17(20)26-16)22-9-4-7-21-8-10-22/h5-6,11-12,18,21H,4,7-10H2,1-3H3. The molecule has 5 nitrogen and oxygen atoms in total. The molecule has 1 aromatic heterocycles. The van der Waals surface area contributed by atoms with Crippen molar-refractivity contribution in [1.29, 1.82) is 0 Å². The average molecular weight is 441 g/mol. The fourth-order valence-corrected chi connectivity index (χ4v) is 5.00. The van der Waals surface area contributed by atoms with Gasteiger partial charge in [-0.3, -0.25) is 4.90 Å². The summed E-state index contributed by atoms with van der Waals surface area (Å²) < 4.78 is 17.8. The molecule has 1 fully saturated rings. The fourth-order valence-electron chi connectivity index (χ4n) is 3.41. The first-order valence-electron chi connectivity index (χ1n) is 8.67. The van der Waals surface area contributed by atoms with Gasteiger partial charge < -0.3 is 19.5 Å². The number of nitrogens with zero attached hydrogens (tertiary/aromatic N) is 1. The topological polar surface area (TPSA) is 43.0 Å². The minimum absolute atomic E-state index is 0.153. The van der Waals surface area contributed by atoms with Gasteiger partial charge in [-0.2, -0.15) is 0 Å². The van der Waals surface area contributed by atoms with Crippen molar-refractivity contribution in [3.05, 3.63) is 38.5 Å². The Kier molecular flexibility index (Phi) is 6.80. The summed E-state index contributed by atoms with van der Waals surface area (Å²) in [5.74, 6) is 2.01. The number of benzene rings is 1. The Labute approximate surface area is 167 Å². The van der Waals surface area contributed by atoms with Gasteiger partial charge in [-0.05, 0) is 58.7 Å². The Morgan fingerprint density at radius 3 is 2.35 bits per heavy atom. The smallest absolute Gasteiger partial charge is 0.203 e.